The van der Waals surface area contributed by atoms with Gasteiger partial charge in [0.25, 0.3) is 0 Å². The van der Waals surface area contributed by atoms with Crippen LogP contribution in [0.4, 0.5) is 0 Å². The number of rotatable bonds is 7. The standard InChI is InChI=1S/C12H21N2O2/c1-3-16-12(15)7-5-4-6-8-14-10-9-13(2)11-14/h9-11H,3-8H2,1-2H3/q+1. The molecule has 0 radical (unpaired) electrons. The molecule has 0 saturated heterocycles. The zero-order chi connectivity index (χ0) is 11.8. The van der Waals surface area contributed by atoms with Crippen LogP contribution in [0.25, 0.3) is 0 Å². The Balaban J connectivity index is 2.02. The third-order valence-corrected chi connectivity index (χ3v) is 2.43. The highest BCUT2D eigenvalue weighted by atomic mass is 16.5. The summed E-state index contributed by atoms with van der Waals surface area (Å²) in [6.07, 6.45) is 9.80. The maximum atomic E-state index is 11.0. The van der Waals surface area contributed by atoms with Gasteiger partial charge in [0.15, 0.2) is 0 Å². The maximum Gasteiger partial charge on any atom is 0.305 e. The molecule has 4 heteroatoms. The fraction of sp³-hybridized carbons (Fsp3) is 0.667. The molecule has 90 valence electrons. The number of nitrogens with zero attached hydrogens (tertiary/aromatic N) is 2. The predicted octanol–water partition coefficient (Wildman–Crippen LogP) is 1.44. The minimum absolute atomic E-state index is 0.0742. The van der Waals surface area contributed by atoms with E-state index < -0.39 is 0 Å². The van der Waals surface area contributed by atoms with Gasteiger partial charge in [-0.3, -0.25) is 4.79 Å². The van der Waals surface area contributed by atoms with Crippen molar-refractivity contribution in [1.82, 2.24) is 4.57 Å². The third-order valence-electron chi connectivity index (χ3n) is 2.43. The molecule has 1 aromatic heterocycles. The number of carbonyl (C=O) groups is 1. The van der Waals surface area contributed by atoms with Crippen molar-refractivity contribution >= 4 is 5.97 Å². The van der Waals surface area contributed by atoms with Gasteiger partial charge in [-0.2, -0.15) is 0 Å². The van der Waals surface area contributed by atoms with Crippen molar-refractivity contribution in [3.05, 3.63) is 18.7 Å². The highest BCUT2D eigenvalue weighted by Crippen LogP contribution is 2.03. The van der Waals surface area contributed by atoms with Crippen molar-refractivity contribution < 1.29 is 14.1 Å². The molecule has 0 aliphatic heterocycles. The molecular weight excluding hydrogens is 204 g/mol. The van der Waals surface area contributed by atoms with Crippen molar-refractivity contribution in [3.63, 3.8) is 0 Å². The molecule has 0 aliphatic carbocycles. The third kappa shape index (κ3) is 4.96. The molecule has 0 bridgehead atoms. The summed E-state index contributed by atoms with van der Waals surface area (Å²) in [5.41, 5.74) is 0. The molecule has 4 nitrogen and oxygen atoms in total. The van der Waals surface area contributed by atoms with Crippen LogP contribution in [0.2, 0.25) is 0 Å². The zero-order valence-electron chi connectivity index (χ0n) is 10.2. The molecule has 0 atom stereocenters. The largest absolute Gasteiger partial charge is 0.466 e. The number of ether oxygens (including phenoxy) is 1. The molecule has 16 heavy (non-hydrogen) atoms. The van der Waals surface area contributed by atoms with Gasteiger partial charge in [-0.25, -0.2) is 9.13 Å². The van der Waals surface area contributed by atoms with Crippen LogP contribution in [0.3, 0.4) is 0 Å². The predicted molar refractivity (Wildman–Crippen MR) is 60.7 cm³/mol. The Bertz CT molecular complexity index is 321. The van der Waals surface area contributed by atoms with Crippen LogP contribution < -0.4 is 4.57 Å². The first kappa shape index (κ1) is 12.7. The first-order valence-corrected chi connectivity index (χ1v) is 5.89. The van der Waals surface area contributed by atoms with Crippen LogP contribution >= 0.6 is 0 Å². The SMILES string of the molecule is CCOC(=O)CCCCCn1cc[n+](C)c1. The Morgan fingerprint density at radius 1 is 1.38 bits per heavy atom. The minimum Gasteiger partial charge on any atom is -0.466 e. The average molecular weight is 225 g/mol. The van der Waals surface area contributed by atoms with Gasteiger partial charge in [0.05, 0.1) is 20.2 Å². The molecule has 0 spiro atoms. The van der Waals surface area contributed by atoms with Gasteiger partial charge in [-0.15, -0.1) is 0 Å². The van der Waals surface area contributed by atoms with Gasteiger partial charge in [-0.1, -0.05) is 0 Å². The van der Waals surface area contributed by atoms with E-state index in [4.69, 9.17) is 4.74 Å². The number of aromatic nitrogens is 2. The number of esters is 1. The topological polar surface area (TPSA) is 35.1 Å². The number of hydrogen-bond donors (Lipinski definition) is 0. The summed E-state index contributed by atoms with van der Waals surface area (Å²) in [7, 11) is 2.01. The molecule has 0 saturated carbocycles. The molecular formula is C12H21N2O2+. The lowest BCUT2D eigenvalue weighted by Gasteiger charge is -2.00. The molecule has 1 aromatic rings. The Morgan fingerprint density at radius 3 is 2.81 bits per heavy atom. The summed E-state index contributed by atoms with van der Waals surface area (Å²) in [6, 6.07) is 0. The Hall–Kier alpha value is -1.32. The van der Waals surface area contributed by atoms with Gasteiger partial charge in [-0.05, 0) is 26.2 Å². The van der Waals surface area contributed by atoms with E-state index in [9.17, 15) is 4.79 Å². The average Bonchev–Trinajstić information content (AvgIpc) is 2.64. The van der Waals surface area contributed by atoms with E-state index in [0.29, 0.717) is 13.0 Å². The van der Waals surface area contributed by atoms with Gasteiger partial charge in [0.2, 0.25) is 6.33 Å². The minimum atomic E-state index is -0.0742. The van der Waals surface area contributed by atoms with E-state index in [1.54, 1.807) is 0 Å². The molecule has 1 rings (SSSR count). The van der Waals surface area contributed by atoms with E-state index in [2.05, 4.69) is 17.1 Å². The van der Waals surface area contributed by atoms with Gasteiger partial charge >= 0.3 is 5.97 Å². The van der Waals surface area contributed by atoms with Crippen LogP contribution in [0, 0.1) is 0 Å². The summed E-state index contributed by atoms with van der Waals surface area (Å²) in [5, 5.41) is 0. The van der Waals surface area contributed by atoms with Crippen LogP contribution in [0.5, 0.6) is 0 Å². The van der Waals surface area contributed by atoms with Gasteiger partial charge < -0.3 is 4.74 Å². The van der Waals surface area contributed by atoms with Crippen molar-refractivity contribution in [3.8, 4) is 0 Å². The lowest BCUT2D eigenvalue weighted by atomic mass is 10.2. The zero-order valence-corrected chi connectivity index (χ0v) is 10.2. The second-order valence-electron chi connectivity index (χ2n) is 3.93. The number of carbonyl (C=O) groups excluding carboxylic acids is 1. The summed E-state index contributed by atoms with van der Waals surface area (Å²) >= 11 is 0. The van der Waals surface area contributed by atoms with Gasteiger partial charge in [0.1, 0.15) is 12.4 Å². The van der Waals surface area contributed by atoms with E-state index in [1.807, 2.05) is 24.7 Å². The number of imidazole rings is 1. The van der Waals surface area contributed by atoms with Crippen molar-refractivity contribution in [2.75, 3.05) is 6.61 Å². The first-order valence-electron chi connectivity index (χ1n) is 5.89. The summed E-state index contributed by atoms with van der Waals surface area (Å²) in [5.74, 6) is -0.0742. The summed E-state index contributed by atoms with van der Waals surface area (Å²) in [6.45, 7) is 3.34. The van der Waals surface area contributed by atoms with Crippen molar-refractivity contribution in [1.29, 1.82) is 0 Å². The van der Waals surface area contributed by atoms with E-state index in [0.717, 1.165) is 25.8 Å². The lowest BCUT2D eigenvalue weighted by molar-refractivity contribution is -0.671. The van der Waals surface area contributed by atoms with E-state index in [1.165, 1.54) is 0 Å². The summed E-state index contributed by atoms with van der Waals surface area (Å²) < 4.78 is 9.05. The van der Waals surface area contributed by atoms with Crippen LogP contribution in [-0.4, -0.2) is 17.1 Å². The smallest absolute Gasteiger partial charge is 0.305 e. The molecule has 0 amide bonds. The van der Waals surface area contributed by atoms with Crippen molar-refractivity contribution in [2.24, 2.45) is 7.05 Å². The number of hydrogen-bond acceptors (Lipinski definition) is 2. The number of unbranched alkanes of at least 4 members (excludes halogenated alkanes) is 2. The second-order valence-corrected chi connectivity index (χ2v) is 3.93. The van der Waals surface area contributed by atoms with Crippen LogP contribution in [-0.2, 0) is 23.1 Å². The molecule has 0 N–H and O–H groups in total. The van der Waals surface area contributed by atoms with Crippen LogP contribution in [0.15, 0.2) is 18.7 Å². The Kier molecular flexibility index (Phi) is 5.61. The molecule has 1 heterocycles. The fourth-order valence-electron chi connectivity index (χ4n) is 1.61. The normalized spacial score (nSPS) is 10.4. The molecule has 0 fully saturated rings. The van der Waals surface area contributed by atoms with E-state index in [-0.39, 0.29) is 5.97 Å². The second kappa shape index (κ2) is 7.04. The molecule has 0 aliphatic rings. The lowest BCUT2D eigenvalue weighted by Crippen LogP contribution is -2.23. The quantitative estimate of drug-likeness (QED) is 0.400. The number of aryl methyl sites for hydroxylation is 2. The first-order chi connectivity index (χ1) is 7.72. The molecule has 0 unspecified atom stereocenters. The summed E-state index contributed by atoms with van der Waals surface area (Å²) in [4.78, 5) is 11.0. The van der Waals surface area contributed by atoms with Crippen LogP contribution in [0.1, 0.15) is 32.6 Å². The Labute approximate surface area is 96.8 Å². The van der Waals surface area contributed by atoms with Crippen molar-refractivity contribution in [2.45, 2.75) is 39.2 Å². The monoisotopic (exact) mass is 225 g/mol. The fourth-order valence-corrected chi connectivity index (χ4v) is 1.61. The van der Waals surface area contributed by atoms with E-state index >= 15 is 0 Å². The highest BCUT2D eigenvalue weighted by Gasteiger charge is 2.02. The maximum absolute atomic E-state index is 11.0. The van der Waals surface area contributed by atoms with Gasteiger partial charge in [0, 0.05) is 6.42 Å². The highest BCUT2D eigenvalue weighted by molar-refractivity contribution is 5.69. The Morgan fingerprint density at radius 2 is 2.19 bits per heavy atom. The molecule has 0 aromatic carbocycles.